The molecule has 0 unspecified atom stereocenters. The van der Waals surface area contributed by atoms with Crippen LogP contribution < -0.4 is 4.74 Å². The predicted molar refractivity (Wildman–Crippen MR) is 79.9 cm³/mol. The molecule has 0 atom stereocenters. The maximum atomic E-state index is 11.6. The van der Waals surface area contributed by atoms with E-state index in [4.69, 9.17) is 9.47 Å². The van der Waals surface area contributed by atoms with Crippen LogP contribution >= 0.6 is 0 Å². The van der Waals surface area contributed by atoms with E-state index >= 15 is 0 Å². The van der Waals surface area contributed by atoms with Gasteiger partial charge in [0.15, 0.2) is 0 Å². The zero-order valence-electron chi connectivity index (χ0n) is 12.7. The summed E-state index contributed by atoms with van der Waals surface area (Å²) in [5, 5.41) is 0. The summed E-state index contributed by atoms with van der Waals surface area (Å²) in [6.07, 6.45) is 2.32. The van der Waals surface area contributed by atoms with E-state index in [1.807, 2.05) is 13.0 Å². The molecule has 0 aliphatic carbocycles. The SMILES string of the molecule is CCOC(=O)/C=C1\CCOc2cc(C(C)(C)C)ccc21. The Balaban J connectivity index is 2.35. The molecule has 3 heteroatoms. The van der Waals surface area contributed by atoms with Crippen LogP contribution in [0.1, 0.15) is 45.2 Å². The minimum absolute atomic E-state index is 0.0842. The number of ether oxygens (including phenoxy) is 2. The lowest BCUT2D eigenvalue weighted by Crippen LogP contribution is -2.14. The summed E-state index contributed by atoms with van der Waals surface area (Å²) in [6.45, 7) is 9.33. The molecule has 20 heavy (non-hydrogen) atoms. The number of hydrogen-bond donors (Lipinski definition) is 0. The quantitative estimate of drug-likeness (QED) is 0.609. The fraction of sp³-hybridized carbons (Fsp3) is 0.471. The molecule has 1 heterocycles. The molecular weight excluding hydrogens is 252 g/mol. The van der Waals surface area contributed by atoms with Crippen molar-refractivity contribution in [1.29, 1.82) is 0 Å². The van der Waals surface area contributed by atoms with Crippen molar-refractivity contribution >= 4 is 11.5 Å². The minimum atomic E-state index is -0.282. The standard InChI is InChI=1S/C17H22O3/c1-5-19-16(18)10-12-8-9-20-15-11-13(17(2,3)4)6-7-14(12)15/h6-7,10-11H,5,8-9H2,1-4H3/b12-10+. The van der Waals surface area contributed by atoms with Crippen molar-refractivity contribution in [2.75, 3.05) is 13.2 Å². The summed E-state index contributed by atoms with van der Waals surface area (Å²) in [5.41, 5.74) is 3.30. The molecule has 0 N–H and O–H groups in total. The normalized spacial score (nSPS) is 16.5. The van der Waals surface area contributed by atoms with E-state index in [-0.39, 0.29) is 11.4 Å². The Bertz CT molecular complexity index is 536. The molecule has 1 aliphatic heterocycles. The second-order valence-corrected chi connectivity index (χ2v) is 5.98. The van der Waals surface area contributed by atoms with Gasteiger partial charge in [-0.25, -0.2) is 4.79 Å². The van der Waals surface area contributed by atoms with E-state index in [1.54, 1.807) is 6.08 Å². The highest BCUT2D eigenvalue weighted by atomic mass is 16.5. The number of esters is 1. The maximum absolute atomic E-state index is 11.6. The van der Waals surface area contributed by atoms with E-state index in [9.17, 15) is 4.79 Å². The van der Waals surface area contributed by atoms with Crippen molar-refractivity contribution < 1.29 is 14.3 Å². The Labute approximate surface area is 120 Å². The number of fused-ring (bicyclic) bond motifs is 1. The average Bonchev–Trinajstić information content (AvgIpc) is 2.37. The van der Waals surface area contributed by atoms with Crippen LogP contribution in [-0.4, -0.2) is 19.2 Å². The van der Waals surface area contributed by atoms with Gasteiger partial charge in [-0.15, -0.1) is 0 Å². The molecule has 1 aliphatic rings. The Morgan fingerprint density at radius 3 is 2.80 bits per heavy atom. The highest BCUT2D eigenvalue weighted by molar-refractivity contribution is 5.92. The van der Waals surface area contributed by atoms with Crippen molar-refractivity contribution in [3.8, 4) is 5.75 Å². The van der Waals surface area contributed by atoms with Crippen LogP contribution in [0.5, 0.6) is 5.75 Å². The summed E-state index contributed by atoms with van der Waals surface area (Å²) < 4.78 is 10.7. The molecule has 0 amide bonds. The van der Waals surface area contributed by atoms with Gasteiger partial charge in [0.25, 0.3) is 0 Å². The Hall–Kier alpha value is -1.77. The van der Waals surface area contributed by atoms with E-state index < -0.39 is 0 Å². The fourth-order valence-corrected chi connectivity index (χ4v) is 2.26. The van der Waals surface area contributed by atoms with Crippen LogP contribution in [0.4, 0.5) is 0 Å². The number of rotatable bonds is 2. The first-order valence-corrected chi connectivity index (χ1v) is 7.07. The number of benzene rings is 1. The number of hydrogen-bond acceptors (Lipinski definition) is 3. The van der Waals surface area contributed by atoms with Gasteiger partial charge in [-0.05, 0) is 29.5 Å². The predicted octanol–water partition coefficient (Wildman–Crippen LogP) is 3.71. The van der Waals surface area contributed by atoms with Gasteiger partial charge in [0.05, 0.1) is 13.2 Å². The molecule has 1 aromatic carbocycles. The van der Waals surface area contributed by atoms with Crippen molar-refractivity contribution in [3.63, 3.8) is 0 Å². The van der Waals surface area contributed by atoms with Gasteiger partial charge in [0.2, 0.25) is 0 Å². The third-order valence-electron chi connectivity index (χ3n) is 3.40. The van der Waals surface area contributed by atoms with Crippen LogP contribution in [0.15, 0.2) is 24.3 Å². The first-order chi connectivity index (χ1) is 9.41. The molecule has 108 valence electrons. The third-order valence-corrected chi connectivity index (χ3v) is 3.40. The number of carbonyl (C=O) groups is 1. The Morgan fingerprint density at radius 2 is 2.15 bits per heavy atom. The molecule has 0 aromatic heterocycles. The van der Waals surface area contributed by atoms with Crippen molar-refractivity contribution in [1.82, 2.24) is 0 Å². The van der Waals surface area contributed by atoms with E-state index in [1.165, 1.54) is 5.56 Å². The zero-order chi connectivity index (χ0) is 14.8. The monoisotopic (exact) mass is 274 g/mol. The molecule has 0 saturated heterocycles. The largest absolute Gasteiger partial charge is 0.493 e. The maximum Gasteiger partial charge on any atom is 0.331 e. The Kier molecular flexibility index (Phi) is 4.17. The Morgan fingerprint density at radius 1 is 1.40 bits per heavy atom. The fourth-order valence-electron chi connectivity index (χ4n) is 2.26. The van der Waals surface area contributed by atoms with Crippen molar-refractivity contribution in [2.24, 2.45) is 0 Å². The van der Waals surface area contributed by atoms with Gasteiger partial charge in [-0.3, -0.25) is 0 Å². The minimum Gasteiger partial charge on any atom is -0.493 e. The smallest absolute Gasteiger partial charge is 0.331 e. The molecule has 1 aromatic rings. The summed E-state index contributed by atoms with van der Waals surface area (Å²) >= 11 is 0. The van der Waals surface area contributed by atoms with Gasteiger partial charge in [0.1, 0.15) is 5.75 Å². The van der Waals surface area contributed by atoms with Gasteiger partial charge in [-0.1, -0.05) is 32.9 Å². The van der Waals surface area contributed by atoms with E-state index in [2.05, 4.69) is 32.9 Å². The molecule has 0 spiro atoms. The van der Waals surface area contributed by atoms with Gasteiger partial charge in [-0.2, -0.15) is 0 Å². The lowest BCUT2D eigenvalue weighted by Gasteiger charge is -2.25. The first-order valence-electron chi connectivity index (χ1n) is 7.07. The van der Waals surface area contributed by atoms with Crippen LogP contribution in [0, 0.1) is 0 Å². The second kappa shape index (κ2) is 5.70. The molecule has 2 rings (SSSR count). The molecule has 0 saturated carbocycles. The second-order valence-electron chi connectivity index (χ2n) is 5.98. The van der Waals surface area contributed by atoms with Crippen molar-refractivity contribution in [2.45, 2.75) is 39.5 Å². The van der Waals surface area contributed by atoms with E-state index in [0.29, 0.717) is 13.2 Å². The molecular formula is C17H22O3. The molecule has 0 fully saturated rings. The lowest BCUT2D eigenvalue weighted by molar-refractivity contribution is -0.137. The average molecular weight is 274 g/mol. The molecule has 3 nitrogen and oxygen atoms in total. The van der Waals surface area contributed by atoms with E-state index in [0.717, 1.165) is 23.3 Å². The van der Waals surface area contributed by atoms with Crippen LogP contribution in [-0.2, 0) is 14.9 Å². The highest BCUT2D eigenvalue weighted by Crippen LogP contribution is 2.36. The van der Waals surface area contributed by atoms with Gasteiger partial charge in [0, 0.05) is 18.1 Å². The third kappa shape index (κ3) is 3.21. The summed E-state index contributed by atoms with van der Waals surface area (Å²) in [5.74, 6) is 0.578. The molecule has 0 bridgehead atoms. The topological polar surface area (TPSA) is 35.5 Å². The molecule has 0 radical (unpaired) electrons. The summed E-state index contributed by atoms with van der Waals surface area (Å²) in [4.78, 5) is 11.6. The number of carbonyl (C=O) groups excluding carboxylic acids is 1. The summed E-state index contributed by atoms with van der Waals surface area (Å²) in [7, 11) is 0. The first kappa shape index (κ1) is 14.6. The van der Waals surface area contributed by atoms with Crippen LogP contribution in [0.3, 0.4) is 0 Å². The van der Waals surface area contributed by atoms with Gasteiger partial charge < -0.3 is 9.47 Å². The van der Waals surface area contributed by atoms with Gasteiger partial charge >= 0.3 is 5.97 Å². The highest BCUT2D eigenvalue weighted by Gasteiger charge is 2.20. The van der Waals surface area contributed by atoms with Crippen molar-refractivity contribution in [3.05, 3.63) is 35.4 Å². The van der Waals surface area contributed by atoms with Crippen LogP contribution in [0.25, 0.3) is 5.57 Å². The lowest BCUT2D eigenvalue weighted by atomic mass is 9.85. The van der Waals surface area contributed by atoms with Crippen LogP contribution in [0.2, 0.25) is 0 Å². The summed E-state index contributed by atoms with van der Waals surface area (Å²) in [6, 6.07) is 6.22. The zero-order valence-corrected chi connectivity index (χ0v) is 12.7.